The smallest absolute Gasteiger partial charge is 0.294 e. The van der Waals surface area contributed by atoms with Gasteiger partial charge in [0.15, 0.2) is 0 Å². The highest BCUT2D eigenvalue weighted by Crippen LogP contribution is 2.33. The van der Waals surface area contributed by atoms with E-state index in [0.29, 0.717) is 32.1 Å². The molecule has 3 aromatic rings. The summed E-state index contributed by atoms with van der Waals surface area (Å²) in [4.78, 5) is 41.5. The number of ether oxygens (including phenoxy) is 2. The fourth-order valence-corrected chi connectivity index (χ4v) is 5.10. The van der Waals surface area contributed by atoms with Crippen LogP contribution in [0.5, 0.6) is 11.5 Å². The van der Waals surface area contributed by atoms with Crippen LogP contribution in [0, 0.1) is 0 Å². The maximum atomic E-state index is 13.0. The first-order valence-electron chi connectivity index (χ1n) is 12.1. The molecule has 0 N–H and O–H groups in total. The number of benzene rings is 3. The number of amides is 3. The van der Waals surface area contributed by atoms with Crippen molar-refractivity contribution < 1.29 is 23.9 Å². The first kappa shape index (κ1) is 24.6. The van der Waals surface area contributed by atoms with E-state index in [1.54, 1.807) is 17.0 Å². The molecule has 8 heteroatoms. The second-order valence-corrected chi connectivity index (χ2v) is 9.68. The summed E-state index contributed by atoms with van der Waals surface area (Å²) in [5.41, 5.74) is 3.06. The molecule has 188 valence electrons. The number of thioether (sulfide) groups is 1. The Morgan fingerprint density at radius 2 is 1.57 bits per heavy atom. The van der Waals surface area contributed by atoms with Gasteiger partial charge in [-0.1, -0.05) is 54.6 Å². The average Bonchev–Trinajstić information content (AvgIpc) is 3.18. The summed E-state index contributed by atoms with van der Waals surface area (Å²) in [6.07, 6.45) is 2.42. The van der Waals surface area contributed by atoms with E-state index < -0.39 is 11.1 Å². The minimum atomic E-state index is -0.455. The van der Waals surface area contributed by atoms with Crippen molar-refractivity contribution >= 4 is 34.9 Å². The van der Waals surface area contributed by atoms with Crippen molar-refractivity contribution in [1.29, 1.82) is 0 Å². The Morgan fingerprint density at radius 3 is 2.38 bits per heavy atom. The SMILES string of the molecule is O=C(CN1C(=O)S/C(=C/c2cccc(OCCOc3ccccc3)c2)C1=O)N1CCc2ccccc2C1. The second-order valence-electron chi connectivity index (χ2n) is 8.68. The fourth-order valence-electron chi connectivity index (χ4n) is 4.26. The lowest BCUT2D eigenvalue weighted by atomic mass is 10.00. The zero-order valence-corrected chi connectivity index (χ0v) is 21.0. The Bertz CT molecular complexity index is 1340. The van der Waals surface area contributed by atoms with Gasteiger partial charge < -0.3 is 14.4 Å². The number of carbonyl (C=O) groups is 3. The summed E-state index contributed by atoms with van der Waals surface area (Å²) >= 11 is 0.846. The quantitative estimate of drug-likeness (QED) is 0.319. The molecule has 2 aliphatic rings. The Kier molecular flexibility index (Phi) is 7.56. The number of hydrogen-bond donors (Lipinski definition) is 0. The molecular weight excluding hydrogens is 488 g/mol. The normalized spacial score (nSPS) is 16.2. The molecule has 0 aliphatic carbocycles. The van der Waals surface area contributed by atoms with Gasteiger partial charge in [0, 0.05) is 13.1 Å². The zero-order valence-electron chi connectivity index (χ0n) is 20.2. The summed E-state index contributed by atoms with van der Waals surface area (Å²) in [6, 6.07) is 24.8. The highest BCUT2D eigenvalue weighted by Gasteiger charge is 2.37. The molecule has 0 unspecified atom stereocenters. The van der Waals surface area contributed by atoms with Crippen molar-refractivity contribution in [3.05, 3.63) is 100 Å². The van der Waals surface area contributed by atoms with Crippen molar-refractivity contribution in [2.75, 3.05) is 26.3 Å². The predicted octanol–water partition coefficient (Wildman–Crippen LogP) is 4.77. The highest BCUT2D eigenvalue weighted by molar-refractivity contribution is 8.18. The van der Waals surface area contributed by atoms with Crippen LogP contribution in [-0.4, -0.2) is 53.2 Å². The summed E-state index contributed by atoms with van der Waals surface area (Å²) in [5.74, 6) is 0.721. The molecule has 0 bridgehead atoms. The Hall–Kier alpha value is -4.04. The first-order chi connectivity index (χ1) is 18.1. The van der Waals surface area contributed by atoms with E-state index in [1.807, 2.05) is 66.7 Å². The van der Waals surface area contributed by atoms with E-state index in [1.165, 1.54) is 5.56 Å². The summed E-state index contributed by atoms with van der Waals surface area (Å²) < 4.78 is 11.4. The molecule has 1 saturated heterocycles. The largest absolute Gasteiger partial charge is 0.490 e. The number of carbonyl (C=O) groups excluding carboxylic acids is 3. The number of fused-ring (bicyclic) bond motifs is 1. The van der Waals surface area contributed by atoms with Gasteiger partial charge in [-0.15, -0.1) is 0 Å². The third kappa shape index (κ3) is 6.03. The van der Waals surface area contributed by atoms with Gasteiger partial charge in [0.1, 0.15) is 31.3 Å². The Labute approximate surface area is 219 Å². The number of nitrogens with zero attached hydrogens (tertiary/aromatic N) is 2. The lowest BCUT2D eigenvalue weighted by Crippen LogP contribution is -2.44. The third-order valence-corrected chi connectivity index (χ3v) is 7.08. The van der Waals surface area contributed by atoms with Crippen LogP contribution < -0.4 is 9.47 Å². The maximum absolute atomic E-state index is 13.0. The van der Waals surface area contributed by atoms with Crippen molar-refractivity contribution in [1.82, 2.24) is 9.80 Å². The number of para-hydroxylation sites is 1. The molecule has 3 amide bonds. The van der Waals surface area contributed by atoms with Gasteiger partial charge in [0.05, 0.1) is 4.91 Å². The van der Waals surface area contributed by atoms with E-state index >= 15 is 0 Å². The minimum absolute atomic E-state index is 0.230. The van der Waals surface area contributed by atoms with Crippen LogP contribution in [-0.2, 0) is 22.6 Å². The zero-order chi connectivity index (χ0) is 25.6. The van der Waals surface area contributed by atoms with E-state index in [0.717, 1.165) is 40.0 Å². The van der Waals surface area contributed by atoms with Gasteiger partial charge >= 0.3 is 0 Å². The van der Waals surface area contributed by atoms with E-state index in [-0.39, 0.29) is 17.4 Å². The van der Waals surface area contributed by atoms with Crippen LogP contribution in [0.15, 0.2) is 83.8 Å². The molecule has 3 aromatic carbocycles. The van der Waals surface area contributed by atoms with Crippen molar-refractivity contribution in [2.45, 2.75) is 13.0 Å². The summed E-state index contributed by atoms with van der Waals surface area (Å²) in [7, 11) is 0. The summed E-state index contributed by atoms with van der Waals surface area (Å²) in [6.45, 7) is 1.56. The molecule has 0 saturated carbocycles. The topological polar surface area (TPSA) is 76.1 Å². The van der Waals surface area contributed by atoms with Gasteiger partial charge in [-0.3, -0.25) is 19.3 Å². The Morgan fingerprint density at radius 1 is 0.865 bits per heavy atom. The Balaban J connectivity index is 1.17. The van der Waals surface area contributed by atoms with E-state index in [2.05, 4.69) is 6.07 Å². The molecule has 0 spiro atoms. The number of imide groups is 1. The molecule has 2 heterocycles. The van der Waals surface area contributed by atoms with Gasteiger partial charge in [-0.25, -0.2) is 0 Å². The van der Waals surface area contributed by atoms with Gasteiger partial charge in [0.25, 0.3) is 11.1 Å². The van der Waals surface area contributed by atoms with Crippen molar-refractivity contribution in [3.8, 4) is 11.5 Å². The standard InChI is InChI=1S/C29H26N2O5S/c32-27(30-14-13-22-8-4-5-9-23(22)19-30)20-31-28(33)26(37-29(31)34)18-21-7-6-12-25(17-21)36-16-15-35-24-10-2-1-3-11-24/h1-12,17-18H,13-16,19-20H2/b26-18+. The molecule has 7 nitrogen and oxygen atoms in total. The minimum Gasteiger partial charge on any atom is -0.490 e. The molecule has 5 rings (SSSR count). The lowest BCUT2D eigenvalue weighted by Gasteiger charge is -2.29. The van der Waals surface area contributed by atoms with Crippen LogP contribution in [0.1, 0.15) is 16.7 Å². The van der Waals surface area contributed by atoms with Crippen molar-refractivity contribution in [2.24, 2.45) is 0 Å². The molecule has 0 radical (unpaired) electrons. The van der Waals surface area contributed by atoms with Crippen LogP contribution >= 0.6 is 11.8 Å². The van der Waals surface area contributed by atoms with Crippen LogP contribution in [0.2, 0.25) is 0 Å². The summed E-state index contributed by atoms with van der Waals surface area (Å²) in [5, 5.41) is -0.438. The second kappa shape index (κ2) is 11.3. The number of hydrogen-bond acceptors (Lipinski definition) is 6. The molecule has 0 aromatic heterocycles. The molecule has 1 fully saturated rings. The van der Waals surface area contributed by atoms with Gasteiger partial charge in [-0.2, -0.15) is 0 Å². The molecule has 0 atom stereocenters. The predicted molar refractivity (Wildman–Crippen MR) is 142 cm³/mol. The van der Waals surface area contributed by atoms with Crippen molar-refractivity contribution in [3.63, 3.8) is 0 Å². The fraction of sp³-hybridized carbons (Fsp3) is 0.207. The number of rotatable bonds is 8. The van der Waals surface area contributed by atoms with Crippen LogP contribution in [0.25, 0.3) is 6.08 Å². The van der Waals surface area contributed by atoms with Crippen LogP contribution in [0.4, 0.5) is 4.79 Å². The molecule has 2 aliphatic heterocycles. The van der Waals surface area contributed by atoms with Crippen LogP contribution in [0.3, 0.4) is 0 Å². The lowest BCUT2D eigenvalue weighted by molar-refractivity contribution is -0.136. The van der Waals surface area contributed by atoms with Gasteiger partial charge in [-0.05, 0) is 65.2 Å². The molecular formula is C29H26N2O5S. The third-order valence-electron chi connectivity index (χ3n) is 6.17. The molecule has 37 heavy (non-hydrogen) atoms. The first-order valence-corrected chi connectivity index (χ1v) is 12.9. The highest BCUT2D eigenvalue weighted by atomic mass is 32.2. The van der Waals surface area contributed by atoms with E-state index in [9.17, 15) is 14.4 Å². The van der Waals surface area contributed by atoms with Gasteiger partial charge in [0.2, 0.25) is 5.91 Å². The average molecular weight is 515 g/mol. The maximum Gasteiger partial charge on any atom is 0.294 e. The monoisotopic (exact) mass is 514 g/mol. The van der Waals surface area contributed by atoms with E-state index in [4.69, 9.17) is 9.47 Å².